The second-order valence-electron chi connectivity index (χ2n) is 4.49. The molecule has 2 aromatic rings. The number of amides is 1. The number of hydrogen-bond acceptors (Lipinski definition) is 5. The number of nitro benzene ring substituents is 1. The highest BCUT2D eigenvalue weighted by atomic mass is 35.5. The molecule has 0 saturated carbocycles. The van der Waals surface area contributed by atoms with Gasteiger partial charge in [0.1, 0.15) is 11.1 Å². The molecule has 7 nitrogen and oxygen atoms in total. The molecule has 2 rings (SSSR count). The highest BCUT2D eigenvalue weighted by molar-refractivity contribution is 7.80. The van der Waals surface area contributed by atoms with Gasteiger partial charge in [0, 0.05) is 11.6 Å². The number of rotatable bonds is 3. The minimum Gasteiger partial charge on any atom is -0.331 e. The van der Waals surface area contributed by atoms with Crippen molar-refractivity contribution in [3.05, 3.63) is 68.7 Å². The van der Waals surface area contributed by atoms with E-state index in [0.717, 1.165) is 6.07 Å². The van der Waals surface area contributed by atoms with Gasteiger partial charge in [-0.15, -0.1) is 0 Å². The van der Waals surface area contributed by atoms with E-state index in [2.05, 4.69) is 10.6 Å². The molecule has 2 aromatic carbocycles. The number of carbonyl (C=O) groups excluding carboxylic acids is 1. The lowest BCUT2D eigenvalue weighted by Gasteiger charge is -2.10. The van der Waals surface area contributed by atoms with Crippen molar-refractivity contribution in [2.75, 3.05) is 5.32 Å². The van der Waals surface area contributed by atoms with Gasteiger partial charge >= 0.3 is 0 Å². The fourth-order valence-corrected chi connectivity index (χ4v) is 2.20. The van der Waals surface area contributed by atoms with Gasteiger partial charge in [-0.2, -0.15) is 5.26 Å². The summed E-state index contributed by atoms with van der Waals surface area (Å²) in [4.78, 5) is 22.3. The van der Waals surface area contributed by atoms with Crippen LogP contribution in [0.1, 0.15) is 15.9 Å². The number of anilines is 1. The predicted molar refractivity (Wildman–Crippen MR) is 93.0 cm³/mol. The van der Waals surface area contributed by atoms with E-state index in [1.54, 1.807) is 24.3 Å². The SMILES string of the molecule is N#Cc1ccccc1NC(=S)NC(=O)c1ccc(Cl)c([N+](=O)[O-])c1. The zero-order valence-corrected chi connectivity index (χ0v) is 13.5. The van der Waals surface area contributed by atoms with Crippen LogP contribution in [0.3, 0.4) is 0 Å². The van der Waals surface area contributed by atoms with Crippen molar-refractivity contribution >= 4 is 46.2 Å². The number of carbonyl (C=O) groups is 1. The molecular formula is C15H9ClN4O3S. The quantitative estimate of drug-likeness (QED) is 0.494. The fourth-order valence-electron chi connectivity index (χ4n) is 1.81. The van der Waals surface area contributed by atoms with Crippen LogP contribution in [0.15, 0.2) is 42.5 Å². The minimum atomic E-state index is -0.682. The molecule has 2 N–H and O–H groups in total. The second-order valence-corrected chi connectivity index (χ2v) is 5.30. The van der Waals surface area contributed by atoms with Crippen molar-refractivity contribution in [1.82, 2.24) is 5.32 Å². The number of thiocarbonyl (C=S) groups is 1. The van der Waals surface area contributed by atoms with Gasteiger partial charge in [0.05, 0.1) is 16.2 Å². The number of hydrogen-bond donors (Lipinski definition) is 2. The molecule has 0 aromatic heterocycles. The summed E-state index contributed by atoms with van der Waals surface area (Å²) in [6.45, 7) is 0. The predicted octanol–water partition coefficient (Wildman–Crippen LogP) is 3.25. The van der Waals surface area contributed by atoms with Crippen molar-refractivity contribution in [3.8, 4) is 6.07 Å². The van der Waals surface area contributed by atoms with Crippen molar-refractivity contribution in [2.45, 2.75) is 0 Å². The molecule has 0 bridgehead atoms. The zero-order valence-electron chi connectivity index (χ0n) is 11.9. The Kier molecular flexibility index (Phi) is 5.42. The van der Waals surface area contributed by atoms with Crippen LogP contribution in [0.25, 0.3) is 0 Å². The Hall–Kier alpha value is -3.02. The number of nitrogens with zero attached hydrogens (tertiary/aromatic N) is 2. The summed E-state index contributed by atoms with van der Waals surface area (Å²) in [5.74, 6) is -0.637. The van der Waals surface area contributed by atoms with Crippen LogP contribution in [-0.2, 0) is 0 Å². The molecule has 9 heteroatoms. The molecule has 120 valence electrons. The maximum absolute atomic E-state index is 12.1. The highest BCUT2D eigenvalue weighted by Crippen LogP contribution is 2.25. The van der Waals surface area contributed by atoms with Crippen LogP contribution in [0.2, 0.25) is 5.02 Å². The average Bonchev–Trinajstić information content (AvgIpc) is 2.55. The lowest BCUT2D eigenvalue weighted by atomic mass is 10.2. The van der Waals surface area contributed by atoms with E-state index >= 15 is 0 Å². The van der Waals surface area contributed by atoms with Gasteiger partial charge in [-0.3, -0.25) is 20.2 Å². The third-order valence-electron chi connectivity index (χ3n) is 2.93. The summed E-state index contributed by atoms with van der Waals surface area (Å²) in [5, 5.41) is 24.9. The van der Waals surface area contributed by atoms with Gasteiger partial charge in [0.25, 0.3) is 11.6 Å². The first kappa shape index (κ1) is 17.3. The van der Waals surface area contributed by atoms with E-state index in [4.69, 9.17) is 29.1 Å². The lowest BCUT2D eigenvalue weighted by molar-refractivity contribution is -0.384. The van der Waals surface area contributed by atoms with Crippen LogP contribution in [-0.4, -0.2) is 15.9 Å². The van der Waals surface area contributed by atoms with Crippen LogP contribution < -0.4 is 10.6 Å². The Labute approximate surface area is 147 Å². The summed E-state index contributed by atoms with van der Waals surface area (Å²) >= 11 is 10.7. The summed E-state index contributed by atoms with van der Waals surface area (Å²) in [6, 6.07) is 12.3. The first-order valence-electron chi connectivity index (χ1n) is 6.47. The van der Waals surface area contributed by atoms with E-state index in [1.165, 1.54) is 12.1 Å². The van der Waals surface area contributed by atoms with Crippen LogP contribution in [0, 0.1) is 21.4 Å². The molecule has 0 spiro atoms. The maximum Gasteiger partial charge on any atom is 0.288 e. The van der Waals surface area contributed by atoms with Crippen LogP contribution in [0.4, 0.5) is 11.4 Å². The second kappa shape index (κ2) is 7.50. The molecule has 0 aliphatic rings. The Balaban J connectivity index is 2.12. The molecule has 24 heavy (non-hydrogen) atoms. The summed E-state index contributed by atoms with van der Waals surface area (Å²) in [6.07, 6.45) is 0. The number of nitriles is 1. The van der Waals surface area contributed by atoms with Crippen LogP contribution >= 0.6 is 23.8 Å². The number of benzene rings is 2. The van der Waals surface area contributed by atoms with Gasteiger partial charge in [0.2, 0.25) is 0 Å². The van der Waals surface area contributed by atoms with Crippen molar-refractivity contribution < 1.29 is 9.72 Å². The Bertz CT molecular complexity index is 879. The van der Waals surface area contributed by atoms with E-state index in [-0.39, 0.29) is 21.4 Å². The molecule has 0 fully saturated rings. The first-order chi connectivity index (χ1) is 11.4. The third-order valence-corrected chi connectivity index (χ3v) is 3.45. The van der Waals surface area contributed by atoms with Gasteiger partial charge in [-0.1, -0.05) is 23.7 Å². The smallest absolute Gasteiger partial charge is 0.288 e. The highest BCUT2D eigenvalue weighted by Gasteiger charge is 2.17. The minimum absolute atomic E-state index is 0.0313. The van der Waals surface area contributed by atoms with Crippen molar-refractivity contribution in [1.29, 1.82) is 5.26 Å². The topological polar surface area (TPSA) is 108 Å². The summed E-state index contributed by atoms with van der Waals surface area (Å²) in [7, 11) is 0. The number of nitro groups is 1. The molecule has 0 unspecified atom stereocenters. The van der Waals surface area contributed by atoms with Crippen LogP contribution in [0.5, 0.6) is 0 Å². The molecule has 0 saturated heterocycles. The van der Waals surface area contributed by atoms with Gasteiger partial charge < -0.3 is 5.32 Å². The van der Waals surface area contributed by atoms with Crippen molar-refractivity contribution in [3.63, 3.8) is 0 Å². The summed E-state index contributed by atoms with van der Waals surface area (Å²) < 4.78 is 0. The van der Waals surface area contributed by atoms with Crippen molar-refractivity contribution in [2.24, 2.45) is 0 Å². The largest absolute Gasteiger partial charge is 0.331 e. The molecule has 0 aliphatic heterocycles. The average molecular weight is 361 g/mol. The Morgan fingerprint density at radius 1 is 1.29 bits per heavy atom. The monoisotopic (exact) mass is 360 g/mol. The van der Waals surface area contributed by atoms with Gasteiger partial charge in [-0.05, 0) is 36.5 Å². The van der Waals surface area contributed by atoms with E-state index in [0.29, 0.717) is 11.3 Å². The lowest BCUT2D eigenvalue weighted by Crippen LogP contribution is -2.34. The van der Waals surface area contributed by atoms with Gasteiger partial charge in [0.15, 0.2) is 5.11 Å². The molecule has 0 heterocycles. The zero-order chi connectivity index (χ0) is 17.7. The molecule has 0 radical (unpaired) electrons. The number of para-hydroxylation sites is 1. The van der Waals surface area contributed by atoms with E-state index in [1.807, 2.05) is 6.07 Å². The molecule has 0 atom stereocenters. The maximum atomic E-state index is 12.1. The standard InChI is InChI=1S/C15H9ClN4O3S/c16-11-6-5-9(7-13(11)20(22)23)14(21)19-15(24)18-12-4-2-1-3-10(12)8-17/h1-7H,(H2,18,19,21,24). The number of halogens is 1. The summed E-state index contributed by atoms with van der Waals surface area (Å²) in [5.41, 5.74) is 0.449. The first-order valence-corrected chi connectivity index (χ1v) is 7.26. The number of nitrogens with one attached hydrogen (secondary N) is 2. The molecular weight excluding hydrogens is 352 g/mol. The van der Waals surface area contributed by atoms with E-state index < -0.39 is 10.8 Å². The third kappa shape index (κ3) is 4.04. The van der Waals surface area contributed by atoms with E-state index in [9.17, 15) is 14.9 Å². The fraction of sp³-hybridized carbons (Fsp3) is 0. The van der Waals surface area contributed by atoms with Gasteiger partial charge in [-0.25, -0.2) is 0 Å². The molecule has 0 aliphatic carbocycles. The molecule has 1 amide bonds. The normalized spacial score (nSPS) is 9.67. The Morgan fingerprint density at radius 3 is 2.67 bits per heavy atom. The Morgan fingerprint density at radius 2 is 2.00 bits per heavy atom.